The number of ether oxygens (including phenoxy) is 2. The third-order valence-corrected chi connectivity index (χ3v) is 6.41. The third-order valence-electron chi connectivity index (χ3n) is 6.12. The molecule has 1 amide bonds. The lowest BCUT2D eigenvalue weighted by Gasteiger charge is -2.14. The number of nitrogens with zero attached hydrogens (tertiary/aromatic N) is 1. The Kier molecular flexibility index (Phi) is 9.33. The number of aryl methyl sites for hydroxylation is 1. The van der Waals surface area contributed by atoms with Crippen molar-refractivity contribution in [2.24, 2.45) is 5.73 Å². The van der Waals surface area contributed by atoms with Crippen LogP contribution in [0.2, 0.25) is 5.02 Å². The maximum atomic E-state index is 13.8. The van der Waals surface area contributed by atoms with E-state index in [1.54, 1.807) is 30.3 Å². The predicted molar refractivity (Wildman–Crippen MR) is 146 cm³/mol. The van der Waals surface area contributed by atoms with Gasteiger partial charge in [-0.05, 0) is 91.9 Å². The van der Waals surface area contributed by atoms with Crippen molar-refractivity contribution in [1.82, 2.24) is 10.3 Å². The van der Waals surface area contributed by atoms with Gasteiger partial charge in [0.05, 0.1) is 36.2 Å². The normalized spacial score (nSPS) is 13.3. The summed E-state index contributed by atoms with van der Waals surface area (Å²) < 4.78 is 25.0. The number of carbonyl (C=O) groups excluding carboxylic acids is 1. The summed E-state index contributed by atoms with van der Waals surface area (Å²) >= 11 is 6.01. The van der Waals surface area contributed by atoms with Crippen LogP contribution >= 0.6 is 11.6 Å². The minimum atomic E-state index is -0.512. The summed E-state index contributed by atoms with van der Waals surface area (Å²) in [4.78, 5) is 17.7. The van der Waals surface area contributed by atoms with Gasteiger partial charge in [0.15, 0.2) is 11.5 Å². The molecular formula is C29H31ClFN3O4. The highest BCUT2D eigenvalue weighted by Crippen LogP contribution is 2.34. The Balaban J connectivity index is 1.57. The SMILES string of the molecule is COc1cc(C(=O)NC/C(=C/CO)c2cc(CCCN)cc(-c3ccc(F)c(Cl)c3)n2)ccc1OC1CC1. The summed E-state index contributed by atoms with van der Waals surface area (Å²) in [5, 5.41) is 12.6. The minimum Gasteiger partial charge on any atom is -0.493 e. The van der Waals surface area contributed by atoms with Crippen LogP contribution in [0.1, 0.15) is 40.9 Å². The number of nitrogens with one attached hydrogen (secondary N) is 1. The van der Waals surface area contributed by atoms with Crippen molar-refractivity contribution < 1.29 is 23.8 Å². The maximum absolute atomic E-state index is 13.8. The Morgan fingerprint density at radius 1 is 1.21 bits per heavy atom. The number of halogens is 2. The van der Waals surface area contributed by atoms with Crippen molar-refractivity contribution in [3.05, 3.63) is 82.3 Å². The van der Waals surface area contributed by atoms with Crippen molar-refractivity contribution in [2.45, 2.75) is 31.8 Å². The second-order valence-electron chi connectivity index (χ2n) is 9.04. The molecule has 4 rings (SSSR count). The number of carbonyl (C=O) groups is 1. The van der Waals surface area contributed by atoms with Gasteiger partial charge in [0.25, 0.3) is 5.91 Å². The van der Waals surface area contributed by atoms with Crippen LogP contribution in [-0.4, -0.2) is 48.9 Å². The first-order chi connectivity index (χ1) is 18.4. The Hall–Kier alpha value is -3.46. The number of pyridine rings is 1. The standard InChI is InChI=1S/C29H31ClFN3O4/c1-37-28-16-20(5-9-27(28)38-22-6-7-22)29(36)33-17-21(10-12-35)26-14-18(3-2-11-32)13-25(34-26)19-4-8-24(31)23(30)15-19/h4-5,8-10,13-16,22,35H,2-3,6-7,11-12,17,32H2,1H3,(H,33,36)/b21-10-. The van der Waals surface area contributed by atoms with Crippen LogP contribution in [0.5, 0.6) is 11.5 Å². The molecule has 1 aliphatic carbocycles. The summed E-state index contributed by atoms with van der Waals surface area (Å²) in [6, 6.07) is 13.3. The zero-order valence-electron chi connectivity index (χ0n) is 21.2. The van der Waals surface area contributed by atoms with E-state index in [-0.39, 0.29) is 30.2 Å². The van der Waals surface area contributed by atoms with Crippen molar-refractivity contribution in [3.8, 4) is 22.8 Å². The topological polar surface area (TPSA) is 107 Å². The van der Waals surface area contributed by atoms with E-state index in [0.717, 1.165) is 24.8 Å². The van der Waals surface area contributed by atoms with E-state index in [2.05, 4.69) is 5.32 Å². The Morgan fingerprint density at radius 2 is 2.03 bits per heavy atom. The number of methoxy groups -OCH3 is 1. The second kappa shape index (κ2) is 12.9. The molecular weight excluding hydrogens is 509 g/mol. The van der Waals surface area contributed by atoms with Gasteiger partial charge in [0.2, 0.25) is 0 Å². The summed E-state index contributed by atoms with van der Waals surface area (Å²) in [6.07, 6.45) is 5.32. The van der Waals surface area contributed by atoms with E-state index in [4.69, 9.17) is 31.8 Å². The Morgan fingerprint density at radius 3 is 2.71 bits per heavy atom. The summed E-state index contributed by atoms with van der Waals surface area (Å²) in [5.41, 5.74) is 9.57. The lowest BCUT2D eigenvalue weighted by molar-refractivity contribution is 0.0958. The first-order valence-electron chi connectivity index (χ1n) is 12.5. The largest absolute Gasteiger partial charge is 0.493 e. The molecule has 2 aromatic carbocycles. The number of aliphatic hydroxyl groups excluding tert-OH is 1. The van der Waals surface area contributed by atoms with E-state index >= 15 is 0 Å². The lowest BCUT2D eigenvalue weighted by atomic mass is 10.0. The van der Waals surface area contributed by atoms with E-state index in [1.165, 1.54) is 19.2 Å². The van der Waals surface area contributed by atoms with E-state index in [9.17, 15) is 14.3 Å². The zero-order valence-corrected chi connectivity index (χ0v) is 21.9. The maximum Gasteiger partial charge on any atom is 0.251 e. The van der Waals surface area contributed by atoms with Crippen LogP contribution in [0.15, 0.2) is 54.6 Å². The first kappa shape index (κ1) is 27.6. The fourth-order valence-corrected chi connectivity index (χ4v) is 4.11. The van der Waals surface area contributed by atoms with Crippen molar-refractivity contribution in [3.63, 3.8) is 0 Å². The molecule has 4 N–H and O–H groups in total. The van der Waals surface area contributed by atoms with Crippen molar-refractivity contribution in [1.29, 1.82) is 0 Å². The number of rotatable bonds is 12. The van der Waals surface area contributed by atoms with Gasteiger partial charge in [-0.1, -0.05) is 17.7 Å². The van der Waals surface area contributed by atoms with Gasteiger partial charge in [-0.25, -0.2) is 9.37 Å². The molecule has 3 aromatic rings. The average molecular weight is 540 g/mol. The molecule has 0 bridgehead atoms. The molecule has 1 aliphatic rings. The van der Waals surface area contributed by atoms with Gasteiger partial charge in [-0.2, -0.15) is 0 Å². The molecule has 1 saturated carbocycles. The van der Waals surface area contributed by atoms with Crippen LogP contribution in [-0.2, 0) is 6.42 Å². The molecule has 0 saturated heterocycles. The van der Waals surface area contributed by atoms with Crippen LogP contribution in [0.3, 0.4) is 0 Å². The van der Waals surface area contributed by atoms with Crippen LogP contribution < -0.4 is 20.5 Å². The van der Waals surface area contributed by atoms with E-state index in [0.29, 0.717) is 52.6 Å². The highest BCUT2D eigenvalue weighted by atomic mass is 35.5. The second-order valence-corrected chi connectivity index (χ2v) is 9.45. The van der Waals surface area contributed by atoms with Gasteiger partial charge < -0.3 is 25.6 Å². The number of aliphatic hydroxyl groups is 1. The lowest BCUT2D eigenvalue weighted by Crippen LogP contribution is -2.25. The van der Waals surface area contributed by atoms with E-state index in [1.807, 2.05) is 12.1 Å². The third kappa shape index (κ3) is 7.10. The zero-order chi connectivity index (χ0) is 27.1. The molecule has 1 heterocycles. The molecule has 9 heteroatoms. The van der Waals surface area contributed by atoms with Crippen LogP contribution in [0.4, 0.5) is 4.39 Å². The fraction of sp³-hybridized carbons (Fsp3) is 0.310. The van der Waals surface area contributed by atoms with Crippen LogP contribution in [0.25, 0.3) is 16.8 Å². The molecule has 0 aliphatic heterocycles. The van der Waals surface area contributed by atoms with Gasteiger partial charge >= 0.3 is 0 Å². The van der Waals surface area contributed by atoms with Crippen LogP contribution in [0, 0.1) is 5.82 Å². The van der Waals surface area contributed by atoms with Gasteiger partial charge in [0.1, 0.15) is 5.82 Å². The highest BCUT2D eigenvalue weighted by Gasteiger charge is 2.25. The predicted octanol–water partition coefficient (Wildman–Crippen LogP) is 4.79. The number of benzene rings is 2. The van der Waals surface area contributed by atoms with Gasteiger partial charge in [-0.3, -0.25) is 4.79 Å². The van der Waals surface area contributed by atoms with Gasteiger partial charge in [0, 0.05) is 17.7 Å². The monoisotopic (exact) mass is 539 g/mol. The number of hydrogen-bond donors (Lipinski definition) is 3. The number of aromatic nitrogens is 1. The summed E-state index contributed by atoms with van der Waals surface area (Å²) in [6.45, 7) is 0.413. The number of amides is 1. The van der Waals surface area contributed by atoms with Gasteiger partial charge in [-0.15, -0.1) is 0 Å². The summed E-state index contributed by atoms with van der Waals surface area (Å²) in [7, 11) is 1.54. The number of hydrogen-bond acceptors (Lipinski definition) is 6. The number of nitrogens with two attached hydrogens (primary N) is 1. The van der Waals surface area contributed by atoms with Crippen molar-refractivity contribution >= 4 is 23.1 Å². The molecule has 0 spiro atoms. The minimum absolute atomic E-state index is 0.000534. The Bertz CT molecular complexity index is 1330. The first-order valence-corrected chi connectivity index (χ1v) is 12.9. The smallest absolute Gasteiger partial charge is 0.251 e. The van der Waals surface area contributed by atoms with Crippen molar-refractivity contribution in [2.75, 3.05) is 26.8 Å². The molecule has 0 radical (unpaired) electrons. The fourth-order valence-electron chi connectivity index (χ4n) is 3.93. The molecule has 38 heavy (non-hydrogen) atoms. The Labute approximate surface area is 226 Å². The highest BCUT2D eigenvalue weighted by molar-refractivity contribution is 6.31. The molecule has 7 nitrogen and oxygen atoms in total. The summed E-state index contributed by atoms with van der Waals surface area (Å²) in [5.74, 6) is 0.282. The molecule has 200 valence electrons. The van der Waals surface area contributed by atoms with E-state index < -0.39 is 5.82 Å². The quantitative estimate of drug-likeness (QED) is 0.305. The molecule has 1 fully saturated rings. The molecule has 1 aromatic heterocycles. The molecule has 0 atom stereocenters. The average Bonchev–Trinajstić information content (AvgIpc) is 3.75. The molecule has 0 unspecified atom stereocenters.